The number of nitrogens with one attached hydrogen (secondary N) is 2. The Bertz CT molecular complexity index is 783. The topological polar surface area (TPSA) is 103 Å². The number of hydrogen-bond donors (Lipinski definition) is 2. The minimum atomic E-state index is -0.613. The second-order valence-corrected chi connectivity index (χ2v) is 5.40. The molecule has 0 bridgehead atoms. The molecule has 1 aromatic carbocycles. The molecule has 0 saturated heterocycles. The predicted octanol–water partition coefficient (Wildman–Crippen LogP) is 1.73. The van der Waals surface area contributed by atoms with Gasteiger partial charge >= 0.3 is 5.97 Å². The van der Waals surface area contributed by atoms with E-state index in [0.717, 1.165) is 0 Å². The van der Waals surface area contributed by atoms with Gasteiger partial charge in [-0.2, -0.15) is 0 Å². The Labute approximate surface area is 145 Å². The fourth-order valence-corrected chi connectivity index (χ4v) is 2.85. The van der Waals surface area contributed by atoms with Crippen LogP contribution in [0.4, 0.5) is 0 Å². The van der Waals surface area contributed by atoms with Crippen molar-refractivity contribution in [2.24, 2.45) is 0 Å². The van der Waals surface area contributed by atoms with Crippen LogP contribution in [0.1, 0.15) is 29.2 Å². The van der Waals surface area contributed by atoms with Crippen LogP contribution in [0.5, 0.6) is 17.2 Å². The summed E-state index contributed by atoms with van der Waals surface area (Å²) in [4.78, 5) is 24.3. The largest absolute Gasteiger partial charge is 0.496 e. The number of aromatic nitrogens is 2. The van der Waals surface area contributed by atoms with E-state index in [1.165, 1.54) is 28.4 Å². The maximum Gasteiger partial charge on any atom is 0.306 e. The Balaban J connectivity index is 2.73. The number of carbonyl (C=O) groups is 1. The summed E-state index contributed by atoms with van der Waals surface area (Å²) in [5, 5.41) is 5.32. The van der Waals surface area contributed by atoms with E-state index >= 15 is 0 Å². The van der Waals surface area contributed by atoms with E-state index in [2.05, 4.69) is 10.2 Å². The minimum Gasteiger partial charge on any atom is -0.496 e. The monoisotopic (exact) mass is 350 g/mol. The fraction of sp³-hybridized carbons (Fsp3) is 0.412. The van der Waals surface area contributed by atoms with Crippen LogP contribution in [0, 0.1) is 6.92 Å². The maximum atomic E-state index is 12.3. The molecule has 0 saturated carbocycles. The molecule has 2 rings (SSSR count). The molecule has 0 aliphatic heterocycles. The highest BCUT2D eigenvalue weighted by Crippen LogP contribution is 2.43. The van der Waals surface area contributed by atoms with Crippen LogP contribution in [-0.2, 0) is 9.53 Å². The molecule has 0 radical (unpaired) electrons. The number of H-pyrrole nitrogens is 2. The molecule has 1 atom stereocenters. The number of carbonyl (C=O) groups excluding carboxylic acids is 1. The molecule has 0 spiro atoms. The Kier molecular flexibility index (Phi) is 5.74. The van der Waals surface area contributed by atoms with E-state index < -0.39 is 11.9 Å². The minimum absolute atomic E-state index is 0.0443. The second-order valence-electron chi connectivity index (χ2n) is 5.40. The molecule has 2 N–H and O–H groups in total. The van der Waals surface area contributed by atoms with Crippen molar-refractivity contribution in [1.82, 2.24) is 10.2 Å². The summed E-state index contributed by atoms with van der Waals surface area (Å²) in [5.74, 6) is 0.368. The first kappa shape index (κ1) is 18.4. The van der Waals surface area contributed by atoms with E-state index in [-0.39, 0.29) is 12.0 Å². The van der Waals surface area contributed by atoms with Crippen LogP contribution < -0.4 is 19.8 Å². The molecule has 0 aliphatic rings. The van der Waals surface area contributed by atoms with Crippen LogP contribution in [-0.4, -0.2) is 44.6 Å². The SMILES string of the molecule is COC(=O)C[C@@H](c1c(OC)cc(OC)cc1OC)c1c(C)[nH][nH]c1=O. The van der Waals surface area contributed by atoms with Gasteiger partial charge in [-0.1, -0.05) is 0 Å². The van der Waals surface area contributed by atoms with Gasteiger partial charge in [0.2, 0.25) is 0 Å². The Morgan fingerprint density at radius 1 is 1.00 bits per heavy atom. The molecule has 0 amide bonds. The third-order valence-electron chi connectivity index (χ3n) is 4.06. The average Bonchev–Trinajstić information content (AvgIpc) is 2.96. The molecule has 0 aliphatic carbocycles. The lowest BCUT2D eigenvalue weighted by atomic mass is 9.87. The van der Waals surface area contributed by atoms with Gasteiger partial charge in [-0.05, 0) is 6.92 Å². The zero-order chi connectivity index (χ0) is 18.6. The fourth-order valence-electron chi connectivity index (χ4n) is 2.85. The second kappa shape index (κ2) is 7.78. The predicted molar refractivity (Wildman–Crippen MR) is 90.7 cm³/mol. The van der Waals surface area contributed by atoms with Gasteiger partial charge in [-0.15, -0.1) is 0 Å². The van der Waals surface area contributed by atoms with Crippen LogP contribution in [0.3, 0.4) is 0 Å². The van der Waals surface area contributed by atoms with Crippen LogP contribution in [0.25, 0.3) is 0 Å². The molecule has 0 unspecified atom stereocenters. The van der Waals surface area contributed by atoms with Crippen molar-refractivity contribution in [3.63, 3.8) is 0 Å². The standard InChI is InChI=1S/C17H22N2O6/c1-9-15(17(21)19-18-9)11(8-14(20)25-5)16-12(23-3)6-10(22-2)7-13(16)24-4/h6-7,11H,8H2,1-5H3,(H2,18,19,21)/t11-/m1/s1. The molecule has 8 nitrogen and oxygen atoms in total. The third-order valence-corrected chi connectivity index (χ3v) is 4.06. The van der Waals surface area contributed by atoms with Gasteiger partial charge in [0.15, 0.2) is 0 Å². The molecule has 2 aromatic rings. The van der Waals surface area contributed by atoms with Gasteiger partial charge in [-0.25, -0.2) is 0 Å². The molecule has 1 aromatic heterocycles. The zero-order valence-corrected chi connectivity index (χ0v) is 14.9. The number of hydrogen-bond acceptors (Lipinski definition) is 6. The normalized spacial score (nSPS) is 11.7. The lowest BCUT2D eigenvalue weighted by molar-refractivity contribution is -0.140. The zero-order valence-electron chi connectivity index (χ0n) is 14.9. The van der Waals surface area contributed by atoms with Crippen molar-refractivity contribution >= 4 is 5.97 Å². The summed E-state index contributed by atoms with van der Waals surface area (Å²) >= 11 is 0. The molecule has 1 heterocycles. The van der Waals surface area contributed by atoms with Gasteiger partial charge in [0.25, 0.3) is 5.56 Å². The average molecular weight is 350 g/mol. The summed E-state index contributed by atoms with van der Waals surface area (Å²) in [6.07, 6.45) is -0.0443. The Morgan fingerprint density at radius 2 is 1.60 bits per heavy atom. The van der Waals surface area contributed by atoms with Crippen LogP contribution >= 0.6 is 0 Å². The van der Waals surface area contributed by atoms with Gasteiger partial charge in [0, 0.05) is 34.9 Å². The number of benzene rings is 1. The summed E-state index contributed by atoms with van der Waals surface area (Å²) in [5.41, 5.74) is 1.31. The van der Waals surface area contributed by atoms with Gasteiger partial charge in [0.1, 0.15) is 17.2 Å². The van der Waals surface area contributed by atoms with Gasteiger partial charge in [-0.3, -0.25) is 14.7 Å². The summed E-state index contributed by atoms with van der Waals surface area (Å²) < 4.78 is 21.0. The van der Waals surface area contributed by atoms with Crippen molar-refractivity contribution in [3.8, 4) is 17.2 Å². The first-order valence-electron chi connectivity index (χ1n) is 7.60. The first-order chi connectivity index (χ1) is 12.0. The number of aryl methyl sites for hydroxylation is 1. The molecule has 8 heteroatoms. The van der Waals surface area contributed by atoms with Gasteiger partial charge in [0.05, 0.1) is 34.9 Å². The van der Waals surface area contributed by atoms with Crippen molar-refractivity contribution in [1.29, 1.82) is 0 Å². The highest BCUT2D eigenvalue weighted by molar-refractivity contribution is 5.72. The Hall–Kier alpha value is -2.90. The van der Waals surface area contributed by atoms with Crippen molar-refractivity contribution in [3.05, 3.63) is 39.3 Å². The van der Waals surface area contributed by atoms with E-state index in [4.69, 9.17) is 18.9 Å². The summed E-state index contributed by atoms with van der Waals surface area (Å²) in [6.45, 7) is 1.75. The summed E-state index contributed by atoms with van der Waals surface area (Å²) in [6, 6.07) is 3.36. The van der Waals surface area contributed by atoms with Crippen LogP contribution in [0.2, 0.25) is 0 Å². The van der Waals surface area contributed by atoms with E-state index in [1.807, 2.05) is 0 Å². The summed E-state index contributed by atoms with van der Waals surface area (Å²) in [7, 11) is 5.83. The quantitative estimate of drug-likeness (QED) is 0.737. The van der Waals surface area contributed by atoms with E-state index in [9.17, 15) is 9.59 Å². The number of ether oxygens (including phenoxy) is 4. The van der Waals surface area contributed by atoms with Crippen LogP contribution in [0.15, 0.2) is 16.9 Å². The van der Waals surface area contributed by atoms with Crippen molar-refractivity contribution < 1.29 is 23.7 Å². The molecule has 0 fully saturated rings. The Morgan fingerprint density at radius 3 is 2.00 bits per heavy atom. The molecular weight excluding hydrogens is 328 g/mol. The van der Waals surface area contributed by atoms with E-state index in [0.29, 0.717) is 34.1 Å². The molecular formula is C17H22N2O6. The molecule has 25 heavy (non-hydrogen) atoms. The first-order valence-corrected chi connectivity index (χ1v) is 7.60. The molecule has 136 valence electrons. The lowest BCUT2D eigenvalue weighted by Crippen LogP contribution is -2.18. The lowest BCUT2D eigenvalue weighted by Gasteiger charge is -2.22. The van der Waals surface area contributed by atoms with E-state index in [1.54, 1.807) is 19.1 Å². The maximum absolute atomic E-state index is 12.3. The highest BCUT2D eigenvalue weighted by Gasteiger charge is 2.30. The van der Waals surface area contributed by atoms with Crippen molar-refractivity contribution in [2.45, 2.75) is 19.3 Å². The van der Waals surface area contributed by atoms with Gasteiger partial charge < -0.3 is 24.0 Å². The third kappa shape index (κ3) is 3.62. The number of rotatable bonds is 7. The number of methoxy groups -OCH3 is 4. The smallest absolute Gasteiger partial charge is 0.306 e. The highest BCUT2D eigenvalue weighted by atomic mass is 16.5. The van der Waals surface area contributed by atoms with Crippen molar-refractivity contribution in [2.75, 3.05) is 28.4 Å². The number of aromatic amines is 2. The number of esters is 1.